The highest BCUT2D eigenvalue weighted by atomic mass is 32.2. The van der Waals surface area contributed by atoms with Crippen LogP contribution < -0.4 is 21.5 Å². The van der Waals surface area contributed by atoms with Gasteiger partial charge < -0.3 is 11.1 Å². The van der Waals surface area contributed by atoms with E-state index in [2.05, 4.69) is 11.4 Å². The minimum atomic E-state index is -2.16. The molecule has 0 amide bonds. The van der Waals surface area contributed by atoms with Crippen molar-refractivity contribution in [3.8, 4) is 0 Å². The molecule has 1 aliphatic carbocycles. The van der Waals surface area contributed by atoms with Gasteiger partial charge in [-0.25, -0.2) is 0 Å². The first-order valence-electron chi connectivity index (χ1n) is 5.45. The Kier molecular flexibility index (Phi) is 2.31. The molecule has 1 atom stereocenters. The first kappa shape index (κ1) is 10.6. The topological polar surface area (TPSA) is 72.2 Å². The molecule has 1 aromatic carbocycles. The van der Waals surface area contributed by atoms with Gasteiger partial charge in [0.05, 0.1) is 4.86 Å². The molecule has 1 fully saturated rings. The normalized spacial score (nSPS) is 21.8. The molecule has 0 radical (unpaired) electrons. The number of nitrogen functional groups attached to an aromatic ring is 1. The number of rotatable bonds is 0. The van der Waals surface area contributed by atoms with E-state index in [0.717, 1.165) is 22.4 Å². The summed E-state index contributed by atoms with van der Waals surface area (Å²) in [7, 11) is -2.16. The zero-order chi connectivity index (χ0) is 12.0. The van der Waals surface area contributed by atoms with E-state index in [4.69, 9.17) is 5.73 Å². The summed E-state index contributed by atoms with van der Waals surface area (Å²) in [5, 5.41) is 5.23. The average molecular weight is 248 g/mol. The minimum absolute atomic E-state index is 0.109. The van der Waals surface area contributed by atoms with Gasteiger partial charge in [0.1, 0.15) is 0 Å². The summed E-state index contributed by atoms with van der Waals surface area (Å²) < 4.78 is 22.4. The van der Waals surface area contributed by atoms with Crippen molar-refractivity contribution in [1.29, 1.82) is 0 Å². The molecule has 1 aromatic rings. The largest absolute Gasteiger partial charge is 0.399 e. The summed E-state index contributed by atoms with van der Waals surface area (Å²) in [6.45, 7) is 0.415. The lowest BCUT2D eigenvalue weighted by Crippen LogP contribution is -2.37. The molecule has 1 saturated heterocycles. The van der Waals surface area contributed by atoms with Gasteiger partial charge in [-0.2, -0.15) is 8.42 Å². The van der Waals surface area contributed by atoms with Crippen molar-refractivity contribution in [1.82, 2.24) is 5.32 Å². The number of fused-ring (bicyclic) bond motifs is 2. The van der Waals surface area contributed by atoms with Crippen LogP contribution in [0.4, 0.5) is 5.69 Å². The third-order valence-electron chi connectivity index (χ3n) is 3.30. The third-order valence-corrected chi connectivity index (χ3v) is 4.07. The Morgan fingerprint density at radius 3 is 2.94 bits per heavy atom. The SMILES string of the molecule is Nc1ccc2c(c1)=C1C(=S(=O)=O)CNC1CC=2. The quantitative estimate of drug-likeness (QED) is 0.439. The van der Waals surface area contributed by atoms with Crippen molar-refractivity contribution in [2.24, 2.45) is 0 Å². The predicted molar refractivity (Wildman–Crippen MR) is 68.3 cm³/mol. The maximum Gasteiger partial charge on any atom is 0.218 e. The van der Waals surface area contributed by atoms with Crippen LogP contribution in [-0.2, 0) is 10.3 Å². The standard InChI is InChI=1S/C12H12N2O2S/c13-8-3-1-7-2-4-10-12(9(7)5-8)11(6-14-10)17(15)16/h1-3,5,10,14H,4,6,13H2. The highest BCUT2D eigenvalue weighted by molar-refractivity contribution is 7.74. The van der Waals surface area contributed by atoms with Gasteiger partial charge in [-0.05, 0) is 34.6 Å². The smallest absolute Gasteiger partial charge is 0.218 e. The fourth-order valence-corrected chi connectivity index (χ4v) is 3.16. The lowest BCUT2D eigenvalue weighted by molar-refractivity contribution is 0.627. The average Bonchev–Trinajstić information content (AvgIpc) is 2.73. The predicted octanol–water partition coefficient (Wildman–Crippen LogP) is -1.37. The van der Waals surface area contributed by atoms with E-state index < -0.39 is 10.3 Å². The summed E-state index contributed by atoms with van der Waals surface area (Å²) in [5.41, 5.74) is 7.33. The third kappa shape index (κ3) is 1.59. The van der Waals surface area contributed by atoms with Gasteiger partial charge in [-0.1, -0.05) is 12.1 Å². The van der Waals surface area contributed by atoms with Crippen molar-refractivity contribution >= 4 is 32.5 Å². The van der Waals surface area contributed by atoms with Crippen molar-refractivity contribution in [2.45, 2.75) is 12.5 Å². The first-order chi connectivity index (χ1) is 8.16. The Morgan fingerprint density at radius 2 is 2.18 bits per heavy atom. The second-order valence-corrected chi connectivity index (χ2v) is 5.25. The molecule has 3 N–H and O–H groups in total. The molecule has 2 aliphatic rings. The van der Waals surface area contributed by atoms with Crippen LogP contribution >= 0.6 is 0 Å². The second kappa shape index (κ2) is 3.72. The van der Waals surface area contributed by atoms with Crippen molar-refractivity contribution in [3.63, 3.8) is 0 Å². The summed E-state index contributed by atoms with van der Waals surface area (Å²) in [5.74, 6) is 0. The molecular weight excluding hydrogens is 236 g/mol. The number of nitrogens with one attached hydrogen (secondary N) is 1. The van der Waals surface area contributed by atoms with E-state index in [1.54, 1.807) is 0 Å². The Morgan fingerprint density at radius 1 is 1.35 bits per heavy atom. The number of nitrogens with two attached hydrogens (primary N) is 1. The van der Waals surface area contributed by atoms with Gasteiger partial charge in [0, 0.05) is 18.3 Å². The Balaban J connectivity index is 2.49. The van der Waals surface area contributed by atoms with Gasteiger partial charge in [-0.15, -0.1) is 0 Å². The molecule has 1 aliphatic heterocycles. The number of benzene rings is 1. The van der Waals surface area contributed by atoms with Gasteiger partial charge in [0.25, 0.3) is 0 Å². The molecule has 1 unspecified atom stereocenters. The van der Waals surface area contributed by atoms with Gasteiger partial charge in [0.15, 0.2) is 0 Å². The lowest BCUT2D eigenvalue weighted by atomic mass is 9.95. The van der Waals surface area contributed by atoms with Crippen molar-refractivity contribution in [3.05, 3.63) is 28.6 Å². The van der Waals surface area contributed by atoms with E-state index >= 15 is 0 Å². The van der Waals surface area contributed by atoms with Crippen LogP contribution in [0, 0.1) is 0 Å². The second-order valence-electron chi connectivity index (χ2n) is 4.29. The van der Waals surface area contributed by atoms with E-state index in [1.807, 2.05) is 18.2 Å². The fraction of sp³-hybridized carbons (Fsp3) is 0.250. The number of anilines is 1. The molecular formula is C12H12N2O2S. The Bertz CT molecular complexity index is 739. The van der Waals surface area contributed by atoms with Crippen LogP contribution in [0.15, 0.2) is 18.2 Å². The summed E-state index contributed by atoms with van der Waals surface area (Å²) in [6, 6.07) is 5.74. The maximum atomic E-state index is 11.2. The minimum Gasteiger partial charge on any atom is -0.399 e. The monoisotopic (exact) mass is 248 g/mol. The Labute approximate surface area is 100.0 Å². The molecule has 5 heteroatoms. The fourth-order valence-electron chi connectivity index (χ4n) is 2.53. The van der Waals surface area contributed by atoms with E-state index in [-0.39, 0.29) is 6.04 Å². The lowest BCUT2D eigenvalue weighted by Gasteiger charge is -2.14. The molecule has 0 aromatic heterocycles. The van der Waals surface area contributed by atoms with Crippen LogP contribution in [0.3, 0.4) is 0 Å². The highest BCUT2D eigenvalue weighted by Gasteiger charge is 2.28. The van der Waals surface area contributed by atoms with Crippen LogP contribution in [-0.4, -0.2) is 25.9 Å². The van der Waals surface area contributed by atoms with E-state index in [1.165, 1.54) is 0 Å². The molecule has 3 rings (SSSR count). The molecule has 1 heterocycles. The molecule has 0 bridgehead atoms. The van der Waals surface area contributed by atoms with Crippen molar-refractivity contribution in [2.75, 3.05) is 12.3 Å². The number of hydrogen-bond donors (Lipinski definition) is 2. The zero-order valence-corrected chi connectivity index (χ0v) is 9.92. The van der Waals surface area contributed by atoms with Crippen LogP contribution in [0.1, 0.15) is 6.42 Å². The summed E-state index contributed by atoms with van der Waals surface area (Å²) in [6.07, 6.45) is 2.94. The zero-order valence-electron chi connectivity index (χ0n) is 9.10. The molecule has 4 nitrogen and oxygen atoms in total. The maximum absolute atomic E-state index is 11.2. The van der Waals surface area contributed by atoms with Gasteiger partial charge in [0.2, 0.25) is 10.3 Å². The molecule has 0 saturated carbocycles. The first-order valence-corrected chi connectivity index (χ1v) is 6.53. The van der Waals surface area contributed by atoms with Crippen LogP contribution in [0.25, 0.3) is 11.6 Å². The molecule has 0 spiro atoms. The van der Waals surface area contributed by atoms with Crippen molar-refractivity contribution < 1.29 is 8.42 Å². The van der Waals surface area contributed by atoms with E-state index in [9.17, 15) is 8.42 Å². The van der Waals surface area contributed by atoms with Crippen LogP contribution in [0.5, 0.6) is 0 Å². The van der Waals surface area contributed by atoms with Crippen LogP contribution in [0.2, 0.25) is 0 Å². The summed E-state index contributed by atoms with van der Waals surface area (Å²) in [4.78, 5) is 0.468. The highest BCUT2D eigenvalue weighted by Crippen LogP contribution is 2.17. The van der Waals surface area contributed by atoms with E-state index in [0.29, 0.717) is 17.1 Å². The summed E-state index contributed by atoms with van der Waals surface area (Å²) >= 11 is 0. The molecule has 17 heavy (non-hydrogen) atoms. The van der Waals surface area contributed by atoms with Gasteiger partial charge >= 0.3 is 0 Å². The molecule has 88 valence electrons. The number of hydrogen-bond acceptors (Lipinski definition) is 4. The van der Waals surface area contributed by atoms with Gasteiger partial charge in [-0.3, -0.25) is 0 Å². The Hall–Kier alpha value is -1.59.